The standard InChI is InChI=1S/C5H8F3NOS/c1-10-3(2-4(9)11)5(6,7)8/h2-3,11H,9H2,1H3/b4-2-. The number of ether oxygens (including phenoxy) is 1. The first-order chi connectivity index (χ1) is 4.88. The highest BCUT2D eigenvalue weighted by Gasteiger charge is 2.38. The summed E-state index contributed by atoms with van der Waals surface area (Å²) in [6, 6.07) is 0. The molecule has 0 saturated heterocycles. The van der Waals surface area contributed by atoms with Gasteiger partial charge in [0.2, 0.25) is 0 Å². The summed E-state index contributed by atoms with van der Waals surface area (Å²) in [7, 11) is 0.950. The van der Waals surface area contributed by atoms with Gasteiger partial charge in [0.1, 0.15) is 0 Å². The van der Waals surface area contributed by atoms with E-state index in [0.29, 0.717) is 6.08 Å². The first-order valence-corrected chi connectivity index (χ1v) is 3.08. The van der Waals surface area contributed by atoms with Crippen molar-refractivity contribution in [3.63, 3.8) is 0 Å². The zero-order valence-corrected chi connectivity index (χ0v) is 6.62. The fourth-order valence-electron chi connectivity index (χ4n) is 0.451. The molecule has 0 bridgehead atoms. The Hall–Kier alpha value is -0.360. The minimum absolute atomic E-state index is 0.214. The second kappa shape index (κ2) is 3.87. The van der Waals surface area contributed by atoms with Gasteiger partial charge >= 0.3 is 6.18 Å². The van der Waals surface area contributed by atoms with Gasteiger partial charge in [0.25, 0.3) is 0 Å². The highest BCUT2D eigenvalue weighted by Crippen LogP contribution is 2.23. The molecule has 0 aliphatic carbocycles. The van der Waals surface area contributed by atoms with E-state index in [1.54, 1.807) is 0 Å². The van der Waals surface area contributed by atoms with Crippen molar-refractivity contribution in [1.29, 1.82) is 0 Å². The number of thiol groups is 1. The molecule has 0 aliphatic rings. The monoisotopic (exact) mass is 187 g/mol. The summed E-state index contributed by atoms with van der Waals surface area (Å²) in [5, 5.41) is -0.214. The Balaban J connectivity index is 4.31. The number of nitrogens with two attached hydrogens (primary N) is 1. The van der Waals surface area contributed by atoms with Gasteiger partial charge in [-0.3, -0.25) is 0 Å². The van der Waals surface area contributed by atoms with E-state index in [2.05, 4.69) is 17.4 Å². The van der Waals surface area contributed by atoms with Crippen LogP contribution in [0.1, 0.15) is 0 Å². The second-order valence-electron chi connectivity index (χ2n) is 1.79. The number of alkyl halides is 3. The third-order valence-corrected chi connectivity index (χ3v) is 1.05. The van der Waals surface area contributed by atoms with Crippen molar-refractivity contribution in [1.82, 2.24) is 0 Å². The maximum atomic E-state index is 11.8. The summed E-state index contributed by atoms with van der Waals surface area (Å²) in [6.45, 7) is 0. The average molecular weight is 187 g/mol. The molecule has 0 rings (SSSR count). The lowest BCUT2D eigenvalue weighted by Gasteiger charge is -2.14. The third kappa shape index (κ3) is 4.15. The van der Waals surface area contributed by atoms with Crippen LogP contribution in [0.15, 0.2) is 11.1 Å². The molecule has 0 aromatic heterocycles. The fourth-order valence-corrected chi connectivity index (χ4v) is 0.587. The van der Waals surface area contributed by atoms with E-state index in [-0.39, 0.29) is 5.03 Å². The minimum atomic E-state index is -4.43. The molecule has 0 spiro atoms. The molecule has 2 nitrogen and oxygen atoms in total. The van der Waals surface area contributed by atoms with Crippen LogP contribution in [-0.2, 0) is 4.74 Å². The predicted octanol–water partition coefficient (Wildman–Crippen LogP) is 1.29. The Bertz CT molecular complexity index is 152. The van der Waals surface area contributed by atoms with Gasteiger partial charge < -0.3 is 10.5 Å². The van der Waals surface area contributed by atoms with Crippen LogP contribution in [0, 0.1) is 0 Å². The zero-order chi connectivity index (χ0) is 9.07. The first-order valence-electron chi connectivity index (χ1n) is 2.63. The van der Waals surface area contributed by atoms with Gasteiger partial charge in [-0.1, -0.05) is 0 Å². The Morgan fingerprint density at radius 3 is 2.18 bits per heavy atom. The van der Waals surface area contributed by atoms with Crippen molar-refractivity contribution >= 4 is 12.6 Å². The largest absolute Gasteiger partial charge is 0.418 e. The maximum Gasteiger partial charge on any atom is 0.418 e. The van der Waals surface area contributed by atoms with E-state index in [9.17, 15) is 13.2 Å². The van der Waals surface area contributed by atoms with Gasteiger partial charge in [0, 0.05) is 7.11 Å². The van der Waals surface area contributed by atoms with Crippen molar-refractivity contribution in [2.45, 2.75) is 12.3 Å². The number of methoxy groups -OCH3 is 1. The second-order valence-corrected chi connectivity index (χ2v) is 2.31. The average Bonchev–Trinajstić information content (AvgIpc) is 1.79. The molecule has 0 saturated carbocycles. The van der Waals surface area contributed by atoms with E-state index >= 15 is 0 Å². The summed E-state index contributed by atoms with van der Waals surface area (Å²) in [5.74, 6) is 0. The van der Waals surface area contributed by atoms with Crippen LogP contribution < -0.4 is 5.73 Å². The zero-order valence-electron chi connectivity index (χ0n) is 5.72. The van der Waals surface area contributed by atoms with Gasteiger partial charge in [-0.25, -0.2) is 0 Å². The molecule has 11 heavy (non-hydrogen) atoms. The summed E-state index contributed by atoms with van der Waals surface area (Å²) < 4.78 is 39.6. The fraction of sp³-hybridized carbons (Fsp3) is 0.600. The Morgan fingerprint density at radius 1 is 1.64 bits per heavy atom. The lowest BCUT2D eigenvalue weighted by molar-refractivity contribution is -0.196. The van der Waals surface area contributed by atoms with Gasteiger partial charge in [-0.2, -0.15) is 13.2 Å². The van der Waals surface area contributed by atoms with Crippen LogP contribution in [0.2, 0.25) is 0 Å². The quantitative estimate of drug-likeness (QED) is 0.639. The molecular weight excluding hydrogens is 179 g/mol. The molecular formula is C5H8F3NOS. The topological polar surface area (TPSA) is 35.2 Å². The normalized spacial score (nSPS) is 16.6. The van der Waals surface area contributed by atoms with Crippen LogP contribution in [0.3, 0.4) is 0 Å². The Morgan fingerprint density at radius 2 is 2.09 bits per heavy atom. The molecule has 6 heteroatoms. The molecule has 0 fully saturated rings. The van der Waals surface area contributed by atoms with Gasteiger partial charge in [0.15, 0.2) is 6.10 Å². The summed E-state index contributed by atoms with van der Waals surface area (Å²) in [5.41, 5.74) is 4.91. The van der Waals surface area contributed by atoms with E-state index in [0.717, 1.165) is 7.11 Å². The first kappa shape index (κ1) is 10.6. The predicted molar refractivity (Wildman–Crippen MR) is 38.1 cm³/mol. The molecule has 0 aliphatic heterocycles. The maximum absolute atomic E-state index is 11.8. The Labute approximate surface area is 67.6 Å². The van der Waals surface area contributed by atoms with E-state index in [1.165, 1.54) is 0 Å². The summed E-state index contributed by atoms with van der Waals surface area (Å²) >= 11 is 3.48. The van der Waals surface area contributed by atoms with E-state index in [1.807, 2.05) is 0 Å². The molecule has 66 valence electrons. The van der Waals surface area contributed by atoms with E-state index < -0.39 is 12.3 Å². The number of hydrogen-bond donors (Lipinski definition) is 2. The van der Waals surface area contributed by atoms with Crippen LogP contribution in [0.25, 0.3) is 0 Å². The number of halogens is 3. The smallest absolute Gasteiger partial charge is 0.394 e. The number of hydrogen-bond acceptors (Lipinski definition) is 3. The molecule has 0 aromatic carbocycles. The lowest BCUT2D eigenvalue weighted by Crippen LogP contribution is -2.29. The van der Waals surface area contributed by atoms with Crippen LogP contribution in [-0.4, -0.2) is 19.4 Å². The summed E-state index contributed by atoms with van der Waals surface area (Å²) in [6.07, 6.45) is -5.72. The van der Waals surface area contributed by atoms with Crippen molar-refractivity contribution in [3.8, 4) is 0 Å². The van der Waals surface area contributed by atoms with Crippen LogP contribution >= 0.6 is 12.6 Å². The Kier molecular flexibility index (Phi) is 3.74. The van der Waals surface area contributed by atoms with Gasteiger partial charge in [0.05, 0.1) is 5.03 Å². The van der Waals surface area contributed by atoms with Gasteiger partial charge in [-0.05, 0) is 6.08 Å². The molecule has 1 atom stereocenters. The SMILES string of the molecule is COC(/C=C(/N)S)C(F)(F)F. The molecule has 0 aromatic rings. The van der Waals surface area contributed by atoms with Crippen molar-refractivity contribution in [3.05, 3.63) is 11.1 Å². The molecule has 0 amide bonds. The third-order valence-electron chi connectivity index (χ3n) is 0.899. The molecule has 1 unspecified atom stereocenters. The van der Waals surface area contributed by atoms with E-state index in [4.69, 9.17) is 5.73 Å². The minimum Gasteiger partial charge on any atom is -0.394 e. The van der Waals surface area contributed by atoms with Gasteiger partial charge in [-0.15, -0.1) is 12.6 Å². The lowest BCUT2D eigenvalue weighted by atomic mass is 10.3. The molecule has 2 N–H and O–H groups in total. The van der Waals surface area contributed by atoms with Crippen LogP contribution in [0.5, 0.6) is 0 Å². The highest BCUT2D eigenvalue weighted by atomic mass is 32.1. The molecule has 0 heterocycles. The van der Waals surface area contributed by atoms with Crippen molar-refractivity contribution in [2.24, 2.45) is 5.73 Å². The highest BCUT2D eigenvalue weighted by molar-refractivity contribution is 7.84. The summed E-state index contributed by atoms with van der Waals surface area (Å²) in [4.78, 5) is 0. The van der Waals surface area contributed by atoms with Crippen molar-refractivity contribution in [2.75, 3.05) is 7.11 Å². The van der Waals surface area contributed by atoms with Crippen molar-refractivity contribution < 1.29 is 17.9 Å². The molecule has 0 radical (unpaired) electrons. The van der Waals surface area contributed by atoms with Crippen LogP contribution in [0.4, 0.5) is 13.2 Å². The number of rotatable bonds is 2.